The molecule has 0 aliphatic carbocycles. The minimum atomic E-state index is -0.363. The molecule has 2 aromatic carbocycles. The molecule has 1 aromatic heterocycles. The fourth-order valence-corrected chi connectivity index (χ4v) is 2.96. The lowest BCUT2D eigenvalue weighted by atomic mass is 10.1. The van der Waals surface area contributed by atoms with E-state index < -0.39 is 0 Å². The Balaban J connectivity index is 2.17. The van der Waals surface area contributed by atoms with Gasteiger partial charge in [-0.3, -0.25) is 19.8 Å². The maximum Gasteiger partial charge on any atom is 0.262 e. The number of fused-ring (bicyclic) bond motifs is 1. The van der Waals surface area contributed by atoms with E-state index in [0.29, 0.717) is 11.3 Å². The van der Waals surface area contributed by atoms with Crippen LogP contribution in [0.4, 0.5) is 5.69 Å². The number of hydrogen-bond acceptors (Lipinski definition) is 6. The second-order valence-electron chi connectivity index (χ2n) is 5.34. The Morgan fingerprint density at radius 2 is 2.08 bits per heavy atom. The minimum absolute atomic E-state index is 0.0967. The summed E-state index contributed by atoms with van der Waals surface area (Å²) in [4.78, 5) is 12.9. The van der Waals surface area contributed by atoms with E-state index in [1.54, 1.807) is 31.5 Å². The third-order valence-electron chi connectivity index (χ3n) is 3.94. The van der Waals surface area contributed by atoms with Gasteiger partial charge in [0.1, 0.15) is 11.4 Å². The van der Waals surface area contributed by atoms with Crippen LogP contribution < -0.4 is 15.7 Å². The third kappa shape index (κ3) is 2.94. The van der Waals surface area contributed by atoms with E-state index in [1.165, 1.54) is 22.8 Å². The van der Waals surface area contributed by atoms with Gasteiger partial charge in [0, 0.05) is 23.7 Å². The molecule has 0 bridgehead atoms. The molecular formula is C17H16ClN3O4. The number of methoxy groups -OCH3 is 1. The van der Waals surface area contributed by atoms with Crippen LogP contribution in [0.1, 0.15) is 15.9 Å². The summed E-state index contributed by atoms with van der Waals surface area (Å²) in [5, 5.41) is 19.2. The first kappa shape index (κ1) is 17.2. The molecule has 0 atom stereocenters. The monoisotopic (exact) mass is 361 g/mol. The van der Waals surface area contributed by atoms with Gasteiger partial charge in [-0.05, 0) is 35.9 Å². The molecule has 130 valence electrons. The number of ether oxygens (including phenoxy) is 1. The van der Waals surface area contributed by atoms with Crippen LogP contribution in [0.15, 0.2) is 42.6 Å². The lowest BCUT2D eigenvalue weighted by molar-refractivity contribution is 0.0292. The number of benzene rings is 2. The van der Waals surface area contributed by atoms with Gasteiger partial charge in [0.05, 0.1) is 17.6 Å². The molecule has 0 amide bonds. The molecule has 0 aliphatic heterocycles. The molecule has 7 nitrogen and oxygen atoms in total. The first-order chi connectivity index (χ1) is 12.0. The first-order valence-corrected chi connectivity index (χ1v) is 7.74. The predicted octanol–water partition coefficient (Wildman–Crippen LogP) is 3.04. The van der Waals surface area contributed by atoms with Gasteiger partial charge in [0.25, 0.3) is 5.91 Å². The molecule has 25 heavy (non-hydrogen) atoms. The molecule has 0 spiro atoms. The number of halogens is 1. The van der Waals surface area contributed by atoms with Crippen LogP contribution in [0.5, 0.6) is 5.75 Å². The van der Waals surface area contributed by atoms with Gasteiger partial charge in [-0.1, -0.05) is 17.7 Å². The fraction of sp³-hybridized carbons (Fsp3) is 0.118. The summed E-state index contributed by atoms with van der Waals surface area (Å²) >= 11 is 5.89. The second-order valence-corrected chi connectivity index (χ2v) is 5.75. The Morgan fingerprint density at radius 1 is 1.32 bits per heavy atom. The van der Waals surface area contributed by atoms with Crippen molar-refractivity contribution in [2.24, 2.45) is 5.73 Å². The summed E-state index contributed by atoms with van der Waals surface area (Å²) in [5.74, 6) is 0.260. The molecule has 1 heterocycles. The highest BCUT2D eigenvalue weighted by molar-refractivity contribution is 6.33. The number of nitrogens with two attached hydrogens (primary N) is 1. The predicted molar refractivity (Wildman–Crippen MR) is 93.6 cm³/mol. The van der Waals surface area contributed by atoms with Crippen LogP contribution in [0, 0.1) is 0 Å². The molecular weight excluding hydrogens is 346 g/mol. The molecule has 0 fully saturated rings. The largest absolute Gasteiger partial charge is 0.496 e. The van der Waals surface area contributed by atoms with E-state index in [2.05, 4.69) is 0 Å². The number of aromatic nitrogens is 1. The van der Waals surface area contributed by atoms with Gasteiger partial charge in [-0.25, -0.2) is 0 Å². The van der Waals surface area contributed by atoms with Gasteiger partial charge in [-0.2, -0.15) is 0 Å². The number of carbonyl (C=O) groups is 1. The summed E-state index contributed by atoms with van der Waals surface area (Å²) in [6.07, 6.45) is 1.65. The fourth-order valence-electron chi connectivity index (χ4n) is 2.76. The van der Waals surface area contributed by atoms with Crippen molar-refractivity contribution < 1.29 is 19.9 Å². The molecule has 0 radical (unpaired) electrons. The van der Waals surface area contributed by atoms with Crippen LogP contribution in [0.3, 0.4) is 0 Å². The van der Waals surface area contributed by atoms with Crippen molar-refractivity contribution in [3.63, 3.8) is 0 Å². The van der Waals surface area contributed by atoms with Crippen LogP contribution >= 0.6 is 11.6 Å². The second kappa shape index (κ2) is 6.73. The van der Waals surface area contributed by atoms with E-state index in [1.807, 2.05) is 0 Å². The lowest BCUT2D eigenvalue weighted by Crippen LogP contribution is -2.15. The summed E-state index contributed by atoms with van der Waals surface area (Å²) in [7, 11) is 1.55. The third-order valence-corrected chi connectivity index (χ3v) is 4.26. The highest BCUT2D eigenvalue weighted by Crippen LogP contribution is 2.32. The first-order valence-electron chi connectivity index (χ1n) is 7.37. The zero-order valence-corrected chi connectivity index (χ0v) is 14.1. The number of hydrogen-bond donors (Lipinski definition) is 3. The quantitative estimate of drug-likeness (QED) is 0.617. The number of carbonyl (C=O) groups excluding carboxylic acids is 1. The number of anilines is 1. The van der Waals surface area contributed by atoms with Gasteiger partial charge in [-0.15, -0.1) is 5.23 Å². The van der Waals surface area contributed by atoms with Crippen LogP contribution in [-0.4, -0.2) is 28.0 Å². The van der Waals surface area contributed by atoms with Crippen LogP contribution in [0.25, 0.3) is 10.9 Å². The van der Waals surface area contributed by atoms with E-state index in [0.717, 1.165) is 10.9 Å². The highest BCUT2D eigenvalue weighted by Gasteiger charge is 2.19. The SMILES string of the molecule is COc1cccc2c1c(CN)cn2C(=O)c1ccc(Cl)c(N(O)O)c1. The van der Waals surface area contributed by atoms with E-state index in [-0.39, 0.29) is 34.0 Å². The molecule has 4 N–H and O–H groups in total. The van der Waals surface area contributed by atoms with Crippen molar-refractivity contribution in [2.75, 3.05) is 12.3 Å². The van der Waals surface area contributed by atoms with Gasteiger partial charge >= 0.3 is 0 Å². The number of rotatable bonds is 4. The normalized spacial score (nSPS) is 10.9. The molecule has 0 saturated carbocycles. The van der Waals surface area contributed by atoms with Gasteiger partial charge in [0.15, 0.2) is 0 Å². The topological polar surface area (TPSA) is 101 Å². The molecule has 0 unspecified atom stereocenters. The standard InChI is InChI=1S/C17H16ClN3O4/c1-25-15-4-2-3-13-16(15)11(8-19)9-20(13)17(22)10-5-6-12(18)14(7-10)21(23)24/h2-7,9,23-24H,8,19H2,1H3. The Morgan fingerprint density at radius 3 is 2.72 bits per heavy atom. The van der Waals surface area contributed by atoms with Crippen molar-refractivity contribution in [3.8, 4) is 5.75 Å². The Kier molecular flexibility index (Phi) is 4.65. The summed E-state index contributed by atoms with van der Waals surface area (Å²) in [5.41, 5.74) is 7.35. The lowest BCUT2D eigenvalue weighted by Gasteiger charge is -2.12. The average Bonchev–Trinajstić information content (AvgIpc) is 3.00. The van der Waals surface area contributed by atoms with Crippen molar-refractivity contribution in [3.05, 3.63) is 58.7 Å². The molecule has 3 aromatic rings. The molecule has 3 rings (SSSR count). The summed E-state index contributed by atoms with van der Waals surface area (Å²) in [6.45, 7) is 0.240. The zero-order valence-electron chi connectivity index (χ0n) is 13.3. The van der Waals surface area contributed by atoms with Crippen molar-refractivity contribution >= 4 is 34.1 Å². The average molecular weight is 362 g/mol. The van der Waals surface area contributed by atoms with Crippen molar-refractivity contribution in [1.29, 1.82) is 0 Å². The smallest absolute Gasteiger partial charge is 0.262 e. The summed E-state index contributed by atoms with van der Waals surface area (Å²) < 4.78 is 6.82. The van der Waals surface area contributed by atoms with Gasteiger partial charge < -0.3 is 10.5 Å². The highest BCUT2D eigenvalue weighted by atomic mass is 35.5. The van der Waals surface area contributed by atoms with E-state index >= 15 is 0 Å². The van der Waals surface area contributed by atoms with E-state index in [9.17, 15) is 15.2 Å². The maximum atomic E-state index is 12.9. The summed E-state index contributed by atoms with van der Waals surface area (Å²) in [6, 6.07) is 9.58. The molecule has 0 saturated heterocycles. The minimum Gasteiger partial charge on any atom is -0.496 e. The zero-order chi connectivity index (χ0) is 18.1. The number of nitrogens with zero attached hydrogens (tertiary/aromatic N) is 2. The Bertz CT molecular complexity index is 952. The molecule has 0 aliphatic rings. The molecule has 8 heteroatoms. The Hall–Kier alpha value is -2.58. The Labute approximate surface area is 148 Å². The maximum absolute atomic E-state index is 12.9. The van der Waals surface area contributed by atoms with Gasteiger partial charge in [0.2, 0.25) is 0 Å². The van der Waals surface area contributed by atoms with Crippen LogP contribution in [0.2, 0.25) is 5.02 Å². The van der Waals surface area contributed by atoms with Crippen LogP contribution in [-0.2, 0) is 6.54 Å². The van der Waals surface area contributed by atoms with Crippen molar-refractivity contribution in [2.45, 2.75) is 6.54 Å². The van der Waals surface area contributed by atoms with Crippen molar-refractivity contribution in [1.82, 2.24) is 4.57 Å². The van der Waals surface area contributed by atoms with E-state index in [4.69, 9.17) is 22.1 Å².